The average Bonchev–Trinajstić information content (AvgIpc) is 2.38. The zero-order chi connectivity index (χ0) is 14.6. The lowest BCUT2D eigenvalue weighted by Gasteiger charge is -2.36. The maximum Gasteiger partial charge on any atom is 0.248 e. The van der Waals surface area contributed by atoms with E-state index in [4.69, 9.17) is 15.2 Å². The lowest BCUT2D eigenvalue weighted by atomic mass is 10.1. The second-order valence-corrected chi connectivity index (χ2v) is 5.71. The molecule has 1 amide bonds. The molecular weight excluding hydrogens is 256 g/mol. The Kier molecular flexibility index (Phi) is 4.75. The van der Waals surface area contributed by atoms with Gasteiger partial charge in [-0.3, -0.25) is 4.79 Å². The van der Waals surface area contributed by atoms with E-state index >= 15 is 0 Å². The molecule has 0 radical (unpaired) electrons. The van der Waals surface area contributed by atoms with Crippen LogP contribution in [0.15, 0.2) is 24.3 Å². The zero-order valence-electron chi connectivity index (χ0n) is 12.0. The van der Waals surface area contributed by atoms with Gasteiger partial charge in [-0.15, -0.1) is 0 Å². The Morgan fingerprint density at radius 1 is 1.45 bits per heavy atom. The Balaban J connectivity index is 1.76. The van der Waals surface area contributed by atoms with E-state index in [9.17, 15) is 4.79 Å². The Hall–Kier alpha value is -1.43. The normalized spacial score (nSPS) is 21.6. The number of amides is 1. The molecule has 5 heteroatoms. The van der Waals surface area contributed by atoms with Crippen molar-refractivity contribution in [3.05, 3.63) is 35.4 Å². The van der Waals surface area contributed by atoms with E-state index in [2.05, 4.69) is 19.2 Å². The molecule has 0 saturated carbocycles. The first-order valence-electron chi connectivity index (χ1n) is 6.81. The number of hydrogen-bond acceptors (Lipinski definition) is 4. The van der Waals surface area contributed by atoms with Crippen molar-refractivity contribution in [2.45, 2.75) is 32.2 Å². The number of primary amides is 1. The third kappa shape index (κ3) is 4.30. The molecule has 1 aliphatic rings. The van der Waals surface area contributed by atoms with Gasteiger partial charge in [-0.25, -0.2) is 0 Å². The summed E-state index contributed by atoms with van der Waals surface area (Å²) in [5, 5.41) is 3.34. The largest absolute Gasteiger partial charge is 0.374 e. The molecule has 0 spiro atoms. The first-order chi connectivity index (χ1) is 9.46. The molecule has 0 bridgehead atoms. The first kappa shape index (κ1) is 15.0. The van der Waals surface area contributed by atoms with Crippen LogP contribution in [-0.4, -0.2) is 37.3 Å². The summed E-state index contributed by atoms with van der Waals surface area (Å²) >= 11 is 0. The van der Waals surface area contributed by atoms with Crippen LogP contribution in [0.5, 0.6) is 0 Å². The van der Waals surface area contributed by atoms with Gasteiger partial charge in [-0.1, -0.05) is 12.1 Å². The number of nitrogens with one attached hydrogen (secondary N) is 1. The van der Waals surface area contributed by atoms with Crippen molar-refractivity contribution in [3.8, 4) is 0 Å². The van der Waals surface area contributed by atoms with Crippen molar-refractivity contribution >= 4 is 5.91 Å². The van der Waals surface area contributed by atoms with Gasteiger partial charge in [0.15, 0.2) is 0 Å². The van der Waals surface area contributed by atoms with Crippen LogP contribution in [0.2, 0.25) is 0 Å². The summed E-state index contributed by atoms with van der Waals surface area (Å²) in [6.07, 6.45) is 0.0728. The van der Waals surface area contributed by atoms with Crippen molar-refractivity contribution in [2.75, 3.05) is 19.7 Å². The molecule has 1 unspecified atom stereocenters. The number of morpholine rings is 1. The van der Waals surface area contributed by atoms with E-state index in [0.29, 0.717) is 18.8 Å². The minimum Gasteiger partial charge on any atom is -0.374 e. The van der Waals surface area contributed by atoms with E-state index in [1.165, 1.54) is 0 Å². The number of benzene rings is 1. The van der Waals surface area contributed by atoms with Gasteiger partial charge in [-0.05, 0) is 31.5 Å². The van der Waals surface area contributed by atoms with Gasteiger partial charge >= 0.3 is 0 Å². The predicted molar refractivity (Wildman–Crippen MR) is 76.4 cm³/mol. The highest BCUT2D eigenvalue weighted by molar-refractivity contribution is 5.92. The highest BCUT2D eigenvalue weighted by Gasteiger charge is 2.28. The summed E-state index contributed by atoms with van der Waals surface area (Å²) in [7, 11) is 0. The second-order valence-electron chi connectivity index (χ2n) is 5.71. The molecule has 1 aliphatic heterocycles. The van der Waals surface area contributed by atoms with Crippen LogP contribution in [-0.2, 0) is 16.1 Å². The minimum atomic E-state index is -0.415. The number of nitrogens with two attached hydrogens (primary N) is 1. The number of rotatable bonds is 5. The number of hydrogen-bond donors (Lipinski definition) is 2. The maximum atomic E-state index is 11.0. The van der Waals surface area contributed by atoms with Crippen LogP contribution >= 0.6 is 0 Å². The van der Waals surface area contributed by atoms with E-state index in [1.807, 2.05) is 12.1 Å². The highest BCUT2D eigenvalue weighted by atomic mass is 16.5. The molecule has 5 nitrogen and oxygen atoms in total. The number of carbonyl (C=O) groups excluding carboxylic acids is 1. The zero-order valence-corrected chi connectivity index (χ0v) is 12.0. The fraction of sp³-hybridized carbons (Fsp3) is 0.533. The first-order valence-corrected chi connectivity index (χ1v) is 6.81. The molecule has 20 heavy (non-hydrogen) atoms. The van der Waals surface area contributed by atoms with Gasteiger partial charge in [-0.2, -0.15) is 0 Å². The minimum absolute atomic E-state index is 0.0728. The average molecular weight is 278 g/mol. The third-order valence-corrected chi connectivity index (χ3v) is 3.22. The van der Waals surface area contributed by atoms with Gasteiger partial charge in [0, 0.05) is 18.7 Å². The van der Waals surface area contributed by atoms with Crippen molar-refractivity contribution in [3.63, 3.8) is 0 Å². The molecule has 0 aromatic heterocycles. The molecule has 1 saturated heterocycles. The molecule has 1 atom stereocenters. The molecule has 1 aromatic rings. The van der Waals surface area contributed by atoms with Crippen molar-refractivity contribution in [1.29, 1.82) is 0 Å². The molecular formula is C15H22N2O3. The van der Waals surface area contributed by atoms with Gasteiger partial charge in [0.2, 0.25) is 5.91 Å². The number of ether oxygens (including phenoxy) is 2. The molecule has 0 aliphatic carbocycles. The summed E-state index contributed by atoms with van der Waals surface area (Å²) in [6.45, 7) is 6.85. The summed E-state index contributed by atoms with van der Waals surface area (Å²) in [6, 6.07) is 7.12. The van der Waals surface area contributed by atoms with Gasteiger partial charge in [0.05, 0.1) is 24.9 Å². The lowest BCUT2D eigenvalue weighted by molar-refractivity contribution is -0.122. The van der Waals surface area contributed by atoms with Crippen LogP contribution in [0.1, 0.15) is 29.8 Å². The van der Waals surface area contributed by atoms with Crippen LogP contribution in [0.4, 0.5) is 0 Å². The standard InChI is InChI=1S/C15H22N2O3/c1-15(2)10-17-7-13(20-15)9-19-8-11-3-5-12(6-4-11)14(16)18/h3-6,13,17H,7-10H2,1-2H3,(H2,16,18). The van der Waals surface area contributed by atoms with Crippen LogP contribution in [0.25, 0.3) is 0 Å². The summed E-state index contributed by atoms with van der Waals surface area (Å²) in [4.78, 5) is 11.0. The molecule has 1 fully saturated rings. The molecule has 110 valence electrons. The third-order valence-electron chi connectivity index (χ3n) is 3.22. The molecule has 2 rings (SSSR count). The maximum absolute atomic E-state index is 11.0. The number of carbonyl (C=O) groups is 1. The van der Waals surface area contributed by atoms with E-state index in [0.717, 1.165) is 18.7 Å². The van der Waals surface area contributed by atoms with E-state index in [1.54, 1.807) is 12.1 Å². The van der Waals surface area contributed by atoms with Crippen molar-refractivity contribution in [1.82, 2.24) is 5.32 Å². The molecule has 3 N–H and O–H groups in total. The Morgan fingerprint density at radius 3 is 2.75 bits per heavy atom. The highest BCUT2D eigenvalue weighted by Crippen LogP contribution is 2.15. The van der Waals surface area contributed by atoms with E-state index < -0.39 is 5.91 Å². The SMILES string of the molecule is CC1(C)CNCC(COCc2ccc(C(N)=O)cc2)O1. The van der Waals surface area contributed by atoms with Gasteiger partial charge < -0.3 is 20.5 Å². The van der Waals surface area contributed by atoms with Crippen LogP contribution in [0.3, 0.4) is 0 Å². The lowest BCUT2D eigenvalue weighted by Crippen LogP contribution is -2.51. The van der Waals surface area contributed by atoms with Gasteiger partial charge in [0.25, 0.3) is 0 Å². The topological polar surface area (TPSA) is 73.6 Å². The Morgan fingerprint density at radius 2 is 2.15 bits per heavy atom. The summed E-state index contributed by atoms with van der Waals surface area (Å²) in [5.41, 5.74) is 6.57. The smallest absolute Gasteiger partial charge is 0.248 e. The Labute approximate surface area is 119 Å². The van der Waals surface area contributed by atoms with Crippen molar-refractivity contribution in [2.24, 2.45) is 5.73 Å². The fourth-order valence-electron chi connectivity index (χ4n) is 2.24. The Bertz CT molecular complexity index is 457. The van der Waals surface area contributed by atoms with Gasteiger partial charge in [0.1, 0.15) is 0 Å². The van der Waals surface area contributed by atoms with E-state index in [-0.39, 0.29) is 11.7 Å². The van der Waals surface area contributed by atoms with Crippen LogP contribution in [0, 0.1) is 0 Å². The predicted octanol–water partition coefficient (Wildman–Crippen LogP) is 1.07. The summed E-state index contributed by atoms with van der Waals surface area (Å²) < 4.78 is 11.6. The fourth-order valence-corrected chi connectivity index (χ4v) is 2.24. The molecule has 1 heterocycles. The molecule has 1 aromatic carbocycles. The summed E-state index contributed by atoms with van der Waals surface area (Å²) in [5.74, 6) is -0.415. The van der Waals surface area contributed by atoms with Crippen LogP contribution < -0.4 is 11.1 Å². The second kappa shape index (κ2) is 6.35. The monoisotopic (exact) mass is 278 g/mol. The quantitative estimate of drug-likeness (QED) is 0.845. The van der Waals surface area contributed by atoms with Crippen molar-refractivity contribution < 1.29 is 14.3 Å².